The van der Waals surface area contributed by atoms with Crippen LogP contribution >= 0.6 is 0 Å². The Morgan fingerprint density at radius 2 is 1.29 bits per heavy atom. The minimum absolute atomic E-state index is 1.21. The maximum absolute atomic E-state index is 2.45. The van der Waals surface area contributed by atoms with Gasteiger partial charge in [-0.05, 0) is 109 Å². The Bertz CT molecular complexity index is 751. The molecule has 4 rings (SSSR count). The third-order valence-electron chi connectivity index (χ3n) is 6.13. The van der Waals surface area contributed by atoms with E-state index in [0.717, 1.165) is 0 Å². The Hall–Kier alpha value is -1.56. The van der Waals surface area contributed by atoms with Crippen molar-refractivity contribution in [2.75, 3.05) is 0 Å². The average molecular weight is 319 g/mol. The summed E-state index contributed by atoms with van der Waals surface area (Å²) in [5, 5.41) is 0. The summed E-state index contributed by atoms with van der Waals surface area (Å²) in [6.45, 7) is 4.65. The normalized spacial score (nSPS) is 16.6. The largest absolute Gasteiger partial charge is 0.0651 e. The van der Waals surface area contributed by atoms with Crippen molar-refractivity contribution in [1.29, 1.82) is 0 Å². The molecule has 0 saturated carbocycles. The molecule has 0 nitrogen and oxygen atoms in total. The number of hydrogen-bond acceptors (Lipinski definition) is 0. The smallest absolute Gasteiger partial charge is 0.0112 e. The van der Waals surface area contributed by atoms with E-state index in [4.69, 9.17) is 0 Å². The van der Waals surface area contributed by atoms with E-state index in [1.807, 2.05) is 0 Å². The number of aryl methyl sites for hydroxylation is 4. The van der Waals surface area contributed by atoms with Crippen molar-refractivity contribution in [3.05, 3.63) is 57.6 Å². The predicted octanol–water partition coefficient (Wildman–Crippen LogP) is 6.37. The van der Waals surface area contributed by atoms with E-state index in [0.29, 0.717) is 0 Å². The minimum Gasteiger partial charge on any atom is -0.0651 e. The van der Waals surface area contributed by atoms with Crippen LogP contribution in [0.2, 0.25) is 0 Å². The average Bonchev–Trinajstić information content (AvgIpc) is 2.62. The maximum atomic E-state index is 2.45. The van der Waals surface area contributed by atoms with Gasteiger partial charge in [-0.1, -0.05) is 37.6 Å². The fourth-order valence-electron chi connectivity index (χ4n) is 4.96. The molecule has 2 aromatic rings. The van der Waals surface area contributed by atoms with Crippen LogP contribution in [0.1, 0.15) is 72.4 Å². The second-order valence-corrected chi connectivity index (χ2v) is 7.80. The highest BCUT2D eigenvalue weighted by Gasteiger charge is 2.23. The lowest BCUT2D eigenvalue weighted by molar-refractivity contribution is 0.679. The molecule has 0 saturated heterocycles. The number of rotatable bonds is 3. The van der Waals surface area contributed by atoms with Gasteiger partial charge >= 0.3 is 0 Å². The lowest BCUT2D eigenvalue weighted by Gasteiger charge is -2.28. The zero-order valence-electron chi connectivity index (χ0n) is 15.4. The first-order valence-electron chi connectivity index (χ1n) is 10.0. The van der Waals surface area contributed by atoms with Gasteiger partial charge in [-0.15, -0.1) is 0 Å². The van der Waals surface area contributed by atoms with E-state index in [2.05, 4.69) is 38.1 Å². The zero-order valence-corrected chi connectivity index (χ0v) is 15.4. The molecule has 2 aliphatic rings. The summed E-state index contributed by atoms with van der Waals surface area (Å²) in [5.74, 6) is 0. The van der Waals surface area contributed by atoms with Gasteiger partial charge in [0.1, 0.15) is 0 Å². The highest BCUT2D eigenvalue weighted by atomic mass is 14.3. The van der Waals surface area contributed by atoms with Gasteiger partial charge in [-0.3, -0.25) is 0 Å². The Balaban J connectivity index is 1.99. The topological polar surface area (TPSA) is 0 Å². The molecule has 24 heavy (non-hydrogen) atoms. The van der Waals surface area contributed by atoms with Crippen molar-refractivity contribution in [2.45, 2.75) is 78.1 Å². The Kier molecular flexibility index (Phi) is 4.48. The monoisotopic (exact) mass is 318 g/mol. The fraction of sp³-hybridized carbons (Fsp3) is 0.500. The molecule has 0 aliphatic heterocycles. The lowest BCUT2D eigenvalue weighted by atomic mass is 9.77. The van der Waals surface area contributed by atoms with Crippen LogP contribution in [0.5, 0.6) is 0 Å². The first kappa shape index (κ1) is 15.9. The quantitative estimate of drug-likeness (QED) is 0.616. The van der Waals surface area contributed by atoms with E-state index in [-0.39, 0.29) is 0 Å². The standard InChI is InChI=1S/C24H30/c1-3-8-20-16-15-19-10-5-7-12-22(19)24(20)23-17(2)13-14-18-9-4-6-11-21(18)23/h13-16H,3-12H2,1-2H3. The molecular weight excluding hydrogens is 288 g/mol. The highest BCUT2D eigenvalue weighted by Crippen LogP contribution is 2.41. The summed E-state index contributed by atoms with van der Waals surface area (Å²) < 4.78 is 0. The third-order valence-corrected chi connectivity index (χ3v) is 6.13. The molecule has 0 radical (unpaired) electrons. The van der Waals surface area contributed by atoms with Gasteiger partial charge in [-0.25, -0.2) is 0 Å². The van der Waals surface area contributed by atoms with E-state index in [1.165, 1.54) is 69.8 Å². The highest BCUT2D eigenvalue weighted by molar-refractivity contribution is 5.79. The molecule has 0 atom stereocenters. The summed E-state index contributed by atoms with van der Waals surface area (Å²) in [4.78, 5) is 0. The number of hydrogen-bond donors (Lipinski definition) is 0. The summed E-state index contributed by atoms with van der Waals surface area (Å²) >= 11 is 0. The van der Waals surface area contributed by atoms with Crippen molar-refractivity contribution in [3.8, 4) is 11.1 Å². The first-order valence-corrected chi connectivity index (χ1v) is 10.0. The van der Waals surface area contributed by atoms with Crippen molar-refractivity contribution < 1.29 is 0 Å². The summed E-state index contributed by atoms with van der Waals surface area (Å²) in [6.07, 6.45) is 13.0. The molecule has 0 bridgehead atoms. The minimum atomic E-state index is 1.21. The molecule has 0 heterocycles. The van der Waals surface area contributed by atoms with E-state index in [1.54, 1.807) is 38.9 Å². The van der Waals surface area contributed by atoms with Gasteiger partial charge in [-0.2, -0.15) is 0 Å². The number of benzene rings is 2. The SMILES string of the molecule is CCCc1ccc2c(c1-c1c(C)ccc3c1CCCC3)CCCC2. The molecule has 2 aliphatic carbocycles. The Morgan fingerprint density at radius 3 is 1.96 bits per heavy atom. The third kappa shape index (κ3) is 2.70. The molecule has 0 N–H and O–H groups in total. The molecule has 2 aromatic carbocycles. The van der Waals surface area contributed by atoms with Crippen molar-refractivity contribution in [1.82, 2.24) is 0 Å². The van der Waals surface area contributed by atoms with Crippen LogP contribution in [0, 0.1) is 6.92 Å². The molecule has 0 spiro atoms. The Labute approximate surface area is 147 Å². The summed E-state index contributed by atoms with van der Waals surface area (Å²) in [7, 11) is 0. The fourth-order valence-corrected chi connectivity index (χ4v) is 4.96. The molecule has 0 unspecified atom stereocenters. The first-order chi connectivity index (χ1) is 11.8. The van der Waals surface area contributed by atoms with Gasteiger partial charge < -0.3 is 0 Å². The van der Waals surface area contributed by atoms with Crippen LogP contribution in [-0.4, -0.2) is 0 Å². The van der Waals surface area contributed by atoms with Gasteiger partial charge in [0.15, 0.2) is 0 Å². The lowest BCUT2D eigenvalue weighted by Crippen LogP contribution is -2.11. The zero-order chi connectivity index (χ0) is 16.5. The van der Waals surface area contributed by atoms with Crippen LogP contribution in [0.25, 0.3) is 11.1 Å². The molecular formula is C24H30. The van der Waals surface area contributed by atoms with Crippen LogP contribution in [0.4, 0.5) is 0 Å². The molecule has 0 aromatic heterocycles. The molecule has 0 heteroatoms. The van der Waals surface area contributed by atoms with E-state index in [9.17, 15) is 0 Å². The van der Waals surface area contributed by atoms with Crippen molar-refractivity contribution in [3.63, 3.8) is 0 Å². The second kappa shape index (κ2) is 6.75. The maximum Gasteiger partial charge on any atom is -0.0112 e. The van der Waals surface area contributed by atoms with Gasteiger partial charge in [0.25, 0.3) is 0 Å². The van der Waals surface area contributed by atoms with Gasteiger partial charge in [0, 0.05) is 0 Å². The van der Waals surface area contributed by atoms with Gasteiger partial charge in [0.05, 0.1) is 0 Å². The van der Waals surface area contributed by atoms with E-state index >= 15 is 0 Å². The molecule has 0 amide bonds. The van der Waals surface area contributed by atoms with Crippen LogP contribution in [-0.2, 0) is 32.1 Å². The van der Waals surface area contributed by atoms with Crippen molar-refractivity contribution >= 4 is 0 Å². The van der Waals surface area contributed by atoms with Gasteiger partial charge in [0.2, 0.25) is 0 Å². The second-order valence-electron chi connectivity index (χ2n) is 7.80. The van der Waals surface area contributed by atoms with Crippen molar-refractivity contribution in [2.24, 2.45) is 0 Å². The summed E-state index contributed by atoms with van der Waals surface area (Å²) in [6, 6.07) is 9.68. The summed E-state index contributed by atoms with van der Waals surface area (Å²) in [5.41, 5.74) is 13.0. The van der Waals surface area contributed by atoms with E-state index < -0.39 is 0 Å². The number of fused-ring (bicyclic) bond motifs is 2. The molecule has 0 fully saturated rings. The Morgan fingerprint density at radius 1 is 0.708 bits per heavy atom. The molecule has 126 valence electrons. The van der Waals surface area contributed by atoms with Crippen LogP contribution in [0.15, 0.2) is 24.3 Å². The van der Waals surface area contributed by atoms with Crippen LogP contribution < -0.4 is 0 Å². The van der Waals surface area contributed by atoms with Crippen LogP contribution in [0.3, 0.4) is 0 Å². The predicted molar refractivity (Wildman–Crippen MR) is 104 cm³/mol.